The van der Waals surface area contributed by atoms with E-state index in [-0.39, 0.29) is 0 Å². The van der Waals surface area contributed by atoms with Gasteiger partial charge >= 0.3 is 11.8 Å². The van der Waals surface area contributed by atoms with Gasteiger partial charge in [-0.3, -0.25) is 9.59 Å². The first-order chi connectivity index (χ1) is 17.0. The summed E-state index contributed by atoms with van der Waals surface area (Å²) in [6.07, 6.45) is 1.41. The van der Waals surface area contributed by atoms with Gasteiger partial charge in [0.25, 0.3) is 0 Å². The maximum absolute atomic E-state index is 12.1. The number of ether oxygens (including phenoxy) is 3. The van der Waals surface area contributed by atoms with E-state index in [0.717, 1.165) is 5.56 Å². The van der Waals surface area contributed by atoms with E-state index in [9.17, 15) is 9.59 Å². The molecule has 0 atom stereocenters. The minimum atomic E-state index is -0.900. The second-order valence-electron chi connectivity index (χ2n) is 7.16. The molecule has 3 aromatic carbocycles. The molecule has 0 heterocycles. The van der Waals surface area contributed by atoms with Crippen molar-refractivity contribution in [2.45, 2.75) is 20.5 Å². The van der Waals surface area contributed by atoms with Crippen LogP contribution in [0.25, 0.3) is 0 Å². The Kier molecular flexibility index (Phi) is 9.50. The Balaban J connectivity index is 1.56. The van der Waals surface area contributed by atoms with E-state index in [2.05, 4.69) is 15.8 Å². The van der Waals surface area contributed by atoms with Gasteiger partial charge in [-0.2, -0.15) is 5.10 Å². The Morgan fingerprint density at radius 1 is 0.857 bits per heavy atom. The maximum atomic E-state index is 12.1. The summed E-state index contributed by atoms with van der Waals surface area (Å²) in [6, 6.07) is 19.3. The fourth-order valence-corrected chi connectivity index (χ4v) is 3.07. The highest BCUT2D eigenvalue weighted by atomic mass is 35.5. The highest BCUT2D eigenvalue weighted by Crippen LogP contribution is 2.29. The summed E-state index contributed by atoms with van der Waals surface area (Å²) in [7, 11) is 0. The lowest BCUT2D eigenvalue weighted by molar-refractivity contribution is -0.136. The standard InChI is InChI=1S/C26H26ClN3O5/c1-3-33-22-12-10-21(11-13-22)29-25(31)26(32)30-28-16-19-7-14-23(24(15-19)34-4-2)35-17-18-5-8-20(27)9-6-18/h5-16H,3-4,17H2,1-2H3,(H,29,31)(H,30,32). The second-order valence-corrected chi connectivity index (χ2v) is 7.60. The van der Waals surface area contributed by atoms with Crippen LogP contribution in [0.15, 0.2) is 71.8 Å². The van der Waals surface area contributed by atoms with E-state index < -0.39 is 11.8 Å². The molecule has 3 aromatic rings. The van der Waals surface area contributed by atoms with Crippen molar-refractivity contribution in [2.24, 2.45) is 5.10 Å². The maximum Gasteiger partial charge on any atom is 0.329 e. The summed E-state index contributed by atoms with van der Waals surface area (Å²) in [5.74, 6) is 0.0328. The predicted molar refractivity (Wildman–Crippen MR) is 135 cm³/mol. The third kappa shape index (κ3) is 8.04. The topological polar surface area (TPSA) is 98.2 Å². The largest absolute Gasteiger partial charge is 0.494 e. The molecule has 0 aromatic heterocycles. The van der Waals surface area contributed by atoms with Crippen molar-refractivity contribution in [1.82, 2.24) is 5.43 Å². The first kappa shape index (κ1) is 25.6. The van der Waals surface area contributed by atoms with Crippen LogP contribution in [-0.4, -0.2) is 31.2 Å². The Bertz CT molecular complexity index is 1160. The van der Waals surface area contributed by atoms with Crippen molar-refractivity contribution in [3.05, 3.63) is 82.9 Å². The Morgan fingerprint density at radius 3 is 2.26 bits per heavy atom. The summed E-state index contributed by atoms with van der Waals surface area (Å²) in [6.45, 7) is 5.08. The van der Waals surface area contributed by atoms with Crippen molar-refractivity contribution >= 4 is 35.3 Å². The average molecular weight is 496 g/mol. The van der Waals surface area contributed by atoms with E-state index in [1.165, 1.54) is 6.21 Å². The minimum absolute atomic E-state index is 0.351. The van der Waals surface area contributed by atoms with Crippen LogP contribution in [0.1, 0.15) is 25.0 Å². The fourth-order valence-electron chi connectivity index (χ4n) is 2.94. The van der Waals surface area contributed by atoms with Gasteiger partial charge in [0.2, 0.25) is 0 Å². The summed E-state index contributed by atoms with van der Waals surface area (Å²) in [4.78, 5) is 24.1. The van der Waals surface area contributed by atoms with E-state index >= 15 is 0 Å². The van der Waals surface area contributed by atoms with Gasteiger partial charge in [-0.1, -0.05) is 23.7 Å². The summed E-state index contributed by atoms with van der Waals surface area (Å²) >= 11 is 5.92. The van der Waals surface area contributed by atoms with Gasteiger partial charge in [-0.25, -0.2) is 5.43 Å². The monoisotopic (exact) mass is 495 g/mol. The number of nitrogens with one attached hydrogen (secondary N) is 2. The van der Waals surface area contributed by atoms with Crippen LogP contribution in [-0.2, 0) is 16.2 Å². The lowest BCUT2D eigenvalue weighted by Gasteiger charge is -2.12. The zero-order valence-corrected chi connectivity index (χ0v) is 20.2. The van der Waals surface area contributed by atoms with Crippen LogP contribution < -0.4 is 25.0 Å². The quantitative estimate of drug-likeness (QED) is 0.239. The first-order valence-corrected chi connectivity index (χ1v) is 11.4. The number of anilines is 1. The van der Waals surface area contributed by atoms with Crippen LogP contribution in [0.4, 0.5) is 5.69 Å². The molecule has 8 nitrogen and oxygen atoms in total. The van der Waals surface area contributed by atoms with E-state index in [0.29, 0.717) is 53.3 Å². The molecule has 0 saturated carbocycles. The van der Waals surface area contributed by atoms with Gasteiger partial charge in [0.05, 0.1) is 19.4 Å². The molecule has 0 spiro atoms. The molecular weight excluding hydrogens is 470 g/mol. The molecule has 0 aliphatic heterocycles. The molecule has 35 heavy (non-hydrogen) atoms. The summed E-state index contributed by atoms with van der Waals surface area (Å²) in [5, 5.41) is 7.02. The van der Waals surface area contributed by atoms with E-state index in [1.54, 1.807) is 54.6 Å². The lowest BCUT2D eigenvalue weighted by Crippen LogP contribution is -2.32. The van der Waals surface area contributed by atoms with Gasteiger partial charge < -0.3 is 19.5 Å². The fraction of sp³-hybridized carbons (Fsp3) is 0.192. The first-order valence-electron chi connectivity index (χ1n) is 11.0. The van der Waals surface area contributed by atoms with Crippen LogP contribution in [0.3, 0.4) is 0 Å². The summed E-state index contributed by atoms with van der Waals surface area (Å²) < 4.78 is 16.9. The van der Waals surface area contributed by atoms with Crippen molar-refractivity contribution < 1.29 is 23.8 Å². The Labute approximate surface area is 208 Å². The SMILES string of the molecule is CCOc1ccc(NC(=O)C(=O)NN=Cc2ccc(OCc3ccc(Cl)cc3)c(OCC)c2)cc1. The molecule has 0 radical (unpaired) electrons. The number of carbonyl (C=O) groups excluding carboxylic acids is 2. The number of halogens is 1. The lowest BCUT2D eigenvalue weighted by atomic mass is 10.2. The molecule has 0 aliphatic rings. The van der Waals surface area contributed by atoms with Crippen LogP contribution in [0, 0.1) is 0 Å². The molecule has 3 rings (SSSR count). The van der Waals surface area contributed by atoms with Crippen LogP contribution in [0.5, 0.6) is 17.2 Å². The molecule has 0 unspecified atom stereocenters. The Hall–Kier alpha value is -4.04. The number of hydrogen-bond donors (Lipinski definition) is 2. The van der Waals surface area contributed by atoms with Crippen molar-refractivity contribution in [3.8, 4) is 17.2 Å². The second kappa shape index (κ2) is 13.0. The zero-order chi connectivity index (χ0) is 25.0. The van der Waals surface area contributed by atoms with Crippen molar-refractivity contribution in [1.29, 1.82) is 0 Å². The van der Waals surface area contributed by atoms with Crippen LogP contribution in [0.2, 0.25) is 5.02 Å². The number of hydrazone groups is 1. The third-order valence-electron chi connectivity index (χ3n) is 4.58. The molecular formula is C26H26ClN3O5. The van der Waals surface area contributed by atoms with Gasteiger partial charge in [-0.05, 0) is 79.6 Å². The van der Waals surface area contributed by atoms with Gasteiger partial charge in [-0.15, -0.1) is 0 Å². The highest BCUT2D eigenvalue weighted by Gasteiger charge is 2.13. The van der Waals surface area contributed by atoms with Gasteiger partial charge in [0.15, 0.2) is 11.5 Å². The van der Waals surface area contributed by atoms with Gasteiger partial charge in [0, 0.05) is 10.7 Å². The molecule has 9 heteroatoms. The van der Waals surface area contributed by atoms with Crippen LogP contribution >= 0.6 is 11.6 Å². The number of benzene rings is 3. The molecule has 0 aliphatic carbocycles. The smallest absolute Gasteiger partial charge is 0.329 e. The highest BCUT2D eigenvalue weighted by molar-refractivity contribution is 6.39. The zero-order valence-electron chi connectivity index (χ0n) is 19.4. The molecule has 2 amide bonds. The molecule has 0 bridgehead atoms. The molecule has 0 fully saturated rings. The number of amides is 2. The van der Waals surface area contributed by atoms with E-state index in [1.807, 2.05) is 26.0 Å². The molecule has 0 saturated heterocycles. The van der Waals surface area contributed by atoms with E-state index in [4.69, 9.17) is 25.8 Å². The number of nitrogens with zero attached hydrogens (tertiary/aromatic N) is 1. The summed E-state index contributed by atoms with van der Waals surface area (Å²) in [5.41, 5.74) is 4.30. The number of carbonyl (C=O) groups is 2. The minimum Gasteiger partial charge on any atom is -0.494 e. The number of hydrogen-bond acceptors (Lipinski definition) is 6. The predicted octanol–water partition coefficient (Wildman–Crippen LogP) is 4.81. The molecule has 2 N–H and O–H groups in total. The normalized spacial score (nSPS) is 10.6. The number of rotatable bonds is 10. The van der Waals surface area contributed by atoms with Gasteiger partial charge in [0.1, 0.15) is 12.4 Å². The Morgan fingerprint density at radius 2 is 1.57 bits per heavy atom. The third-order valence-corrected chi connectivity index (χ3v) is 4.84. The van der Waals surface area contributed by atoms with Crippen molar-refractivity contribution in [3.63, 3.8) is 0 Å². The van der Waals surface area contributed by atoms with Crippen molar-refractivity contribution in [2.75, 3.05) is 18.5 Å². The molecule has 182 valence electrons. The average Bonchev–Trinajstić information content (AvgIpc) is 2.86.